The van der Waals surface area contributed by atoms with E-state index in [-0.39, 0.29) is 5.75 Å². The lowest BCUT2D eigenvalue weighted by atomic mass is 10.0. The molecule has 2 aromatic heterocycles. The molecule has 0 fully saturated rings. The SMILES string of the molecule is Cc1ccc(-c2cc3ccccc3c3cc(-c4ccccc4O)nn23)cc1. The van der Waals surface area contributed by atoms with Crippen molar-refractivity contribution in [2.45, 2.75) is 6.92 Å². The van der Waals surface area contributed by atoms with Gasteiger partial charge in [-0.15, -0.1) is 0 Å². The van der Waals surface area contributed by atoms with Crippen molar-refractivity contribution in [3.05, 3.63) is 90.5 Å². The van der Waals surface area contributed by atoms with Gasteiger partial charge >= 0.3 is 0 Å². The fourth-order valence-corrected chi connectivity index (χ4v) is 3.57. The van der Waals surface area contributed by atoms with Crippen molar-refractivity contribution in [1.29, 1.82) is 0 Å². The van der Waals surface area contributed by atoms with Gasteiger partial charge in [0, 0.05) is 16.5 Å². The summed E-state index contributed by atoms with van der Waals surface area (Å²) in [6.07, 6.45) is 0. The number of aromatic nitrogens is 2. The number of aryl methyl sites for hydroxylation is 1. The highest BCUT2D eigenvalue weighted by molar-refractivity contribution is 5.99. The average Bonchev–Trinajstić information content (AvgIpc) is 3.14. The van der Waals surface area contributed by atoms with Crippen LogP contribution in [-0.4, -0.2) is 14.7 Å². The molecule has 0 aliphatic heterocycles. The molecule has 0 aliphatic rings. The minimum atomic E-state index is 0.238. The van der Waals surface area contributed by atoms with Gasteiger partial charge in [-0.1, -0.05) is 66.2 Å². The van der Waals surface area contributed by atoms with Crippen LogP contribution in [0.4, 0.5) is 0 Å². The first-order valence-electron chi connectivity index (χ1n) is 8.98. The van der Waals surface area contributed by atoms with Crippen molar-refractivity contribution in [1.82, 2.24) is 9.61 Å². The van der Waals surface area contributed by atoms with Crippen LogP contribution in [0.1, 0.15) is 5.56 Å². The Balaban J connectivity index is 1.86. The maximum atomic E-state index is 10.3. The number of benzene rings is 3. The van der Waals surface area contributed by atoms with Crippen molar-refractivity contribution in [3.8, 4) is 28.3 Å². The molecule has 0 unspecified atom stereocenters. The fourth-order valence-electron chi connectivity index (χ4n) is 3.57. The Bertz CT molecular complexity index is 1280. The maximum Gasteiger partial charge on any atom is 0.125 e. The summed E-state index contributed by atoms with van der Waals surface area (Å²) in [5.74, 6) is 0.238. The number of hydrogen-bond acceptors (Lipinski definition) is 2. The molecular weight excluding hydrogens is 332 g/mol. The summed E-state index contributed by atoms with van der Waals surface area (Å²) in [4.78, 5) is 0. The Hall–Kier alpha value is -3.59. The zero-order valence-corrected chi connectivity index (χ0v) is 14.9. The lowest BCUT2D eigenvalue weighted by molar-refractivity contribution is 0.477. The fraction of sp³-hybridized carbons (Fsp3) is 0.0417. The number of para-hydroxylation sites is 1. The van der Waals surface area contributed by atoms with Crippen LogP contribution in [0.2, 0.25) is 0 Å². The van der Waals surface area contributed by atoms with Crippen molar-refractivity contribution in [2.75, 3.05) is 0 Å². The van der Waals surface area contributed by atoms with Crippen LogP contribution in [-0.2, 0) is 0 Å². The number of hydrogen-bond donors (Lipinski definition) is 1. The molecule has 3 aromatic carbocycles. The molecule has 0 radical (unpaired) electrons. The van der Waals surface area contributed by atoms with E-state index in [2.05, 4.69) is 61.5 Å². The van der Waals surface area contributed by atoms with E-state index in [1.807, 2.05) is 28.8 Å². The molecule has 0 amide bonds. The Kier molecular flexibility index (Phi) is 3.47. The standard InChI is InChI=1S/C24H18N2O/c1-16-10-12-17(13-11-16)22-14-18-6-2-3-7-19(18)23-15-21(25-26(22)23)20-8-4-5-9-24(20)27/h2-15,27H,1H3. The minimum Gasteiger partial charge on any atom is -0.507 e. The Morgan fingerprint density at radius 2 is 1.56 bits per heavy atom. The van der Waals surface area contributed by atoms with Crippen LogP contribution in [0.3, 0.4) is 0 Å². The third-order valence-electron chi connectivity index (χ3n) is 4.99. The summed E-state index contributed by atoms with van der Waals surface area (Å²) in [6.45, 7) is 2.09. The molecule has 3 nitrogen and oxygen atoms in total. The van der Waals surface area contributed by atoms with E-state index in [0.717, 1.165) is 33.4 Å². The summed E-state index contributed by atoms with van der Waals surface area (Å²) in [5.41, 5.74) is 5.90. The second-order valence-electron chi connectivity index (χ2n) is 6.83. The number of aromatic hydroxyl groups is 1. The highest BCUT2D eigenvalue weighted by atomic mass is 16.3. The molecule has 3 heteroatoms. The first kappa shape index (κ1) is 15.6. The lowest BCUT2D eigenvalue weighted by Crippen LogP contribution is -1.95. The second kappa shape index (κ2) is 5.99. The highest BCUT2D eigenvalue weighted by Crippen LogP contribution is 2.33. The molecule has 0 spiro atoms. The first-order valence-corrected chi connectivity index (χ1v) is 8.98. The quantitative estimate of drug-likeness (QED) is 0.434. The van der Waals surface area contributed by atoms with E-state index >= 15 is 0 Å². The molecular formula is C24H18N2O. The number of nitrogens with zero attached hydrogens (tertiary/aromatic N) is 2. The van der Waals surface area contributed by atoms with E-state index in [1.165, 1.54) is 10.9 Å². The van der Waals surface area contributed by atoms with Crippen LogP contribution in [0.15, 0.2) is 84.9 Å². The van der Waals surface area contributed by atoms with Gasteiger partial charge in [0.15, 0.2) is 0 Å². The van der Waals surface area contributed by atoms with Gasteiger partial charge in [0.2, 0.25) is 0 Å². The monoisotopic (exact) mass is 350 g/mol. The Labute approximate surface area is 157 Å². The van der Waals surface area contributed by atoms with Crippen molar-refractivity contribution < 1.29 is 5.11 Å². The number of pyridine rings is 1. The van der Waals surface area contributed by atoms with Gasteiger partial charge in [-0.2, -0.15) is 5.10 Å². The van der Waals surface area contributed by atoms with Gasteiger partial charge in [0.25, 0.3) is 0 Å². The molecule has 0 bridgehead atoms. The normalized spacial score (nSPS) is 11.3. The van der Waals surface area contributed by atoms with Crippen molar-refractivity contribution in [2.24, 2.45) is 0 Å². The number of phenolic OH excluding ortho intramolecular Hbond substituents is 1. The summed E-state index contributed by atoms with van der Waals surface area (Å²) in [5, 5.41) is 17.4. The minimum absolute atomic E-state index is 0.238. The molecule has 0 aliphatic carbocycles. The van der Waals surface area contributed by atoms with E-state index in [0.29, 0.717) is 0 Å². The van der Waals surface area contributed by atoms with Crippen LogP contribution >= 0.6 is 0 Å². The Morgan fingerprint density at radius 3 is 2.37 bits per heavy atom. The van der Waals surface area contributed by atoms with Gasteiger partial charge in [-0.05, 0) is 36.6 Å². The highest BCUT2D eigenvalue weighted by Gasteiger charge is 2.14. The maximum absolute atomic E-state index is 10.3. The first-order chi connectivity index (χ1) is 13.2. The van der Waals surface area contributed by atoms with Gasteiger partial charge in [0.1, 0.15) is 5.75 Å². The third kappa shape index (κ3) is 2.56. The third-order valence-corrected chi connectivity index (χ3v) is 4.99. The number of phenols is 1. The zero-order chi connectivity index (χ0) is 18.4. The van der Waals surface area contributed by atoms with Gasteiger partial charge in [-0.25, -0.2) is 4.52 Å². The van der Waals surface area contributed by atoms with E-state index in [9.17, 15) is 5.11 Å². The van der Waals surface area contributed by atoms with Gasteiger partial charge < -0.3 is 5.11 Å². The van der Waals surface area contributed by atoms with E-state index in [1.54, 1.807) is 6.07 Å². The molecule has 27 heavy (non-hydrogen) atoms. The summed E-state index contributed by atoms with van der Waals surface area (Å²) >= 11 is 0. The van der Waals surface area contributed by atoms with Crippen LogP contribution in [0.5, 0.6) is 5.75 Å². The molecule has 5 aromatic rings. The zero-order valence-electron chi connectivity index (χ0n) is 14.9. The summed E-state index contributed by atoms with van der Waals surface area (Å²) in [7, 11) is 0. The average molecular weight is 350 g/mol. The largest absolute Gasteiger partial charge is 0.507 e. The Morgan fingerprint density at radius 1 is 0.815 bits per heavy atom. The predicted molar refractivity (Wildman–Crippen MR) is 110 cm³/mol. The lowest BCUT2D eigenvalue weighted by Gasteiger charge is -2.09. The van der Waals surface area contributed by atoms with Crippen LogP contribution < -0.4 is 0 Å². The van der Waals surface area contributed by atoms with Gasteiger partial charge in [0.05, 0.1) is 16.9 Å². The summed E-state index contributed by atoms with van der Waals surface area (Å²) in [6, 6.07) is 28.4. The molecule has 5 rings (SSSR count). The molecule has 1 N–H and O–H groups in total. The second-order valence-corrected chi connectivity index (χ2v) is 6.83. The van der Waals surface area contributed by atoms with E-state index in [4.69, 9.17) is 5.10 Å². The number of rotatable bonds is 2. The van der Waals surface area contributed by atoms with Crippen LogP contribution in [0.25, 0.3) is 38.8 Å². The number of fused-ring (bicyclic) bond motifs is 3. The molecule has 0 atom stereocenters. The molecule has 130 valence electrons. The summed E-state index contributed by atoms with van der Waals surface area (Å²) < 4.78 is 1.98. The van der Waals surface area contributed by atoms with Crippen LogP contribution in [0, 0.1) is 6.92 Å². The molecule has 0 saturated carbocycles. The predicted octanol–water partition coefficient (Wildman–Crippen LogP) is 5.84. The van der Waals surface area contributed by atoms with Crippen molar-refractivity contribution in [3.63, 3.8) is 0 Å². The smallest absolute Gasteiger partial charge is 0.125 e. The van der Waals surface area contributed by atoms with Crippen molar-refractivity contribution >= 4 is 16.3 Å². The van der Waals surface area contributed by atoms with Gasteiger partial charge in [-0.3, -0.25) is 0 Å². The molecule has 0 saturated heterocycles. The topological polar surface area (TPSA) is 37.5 Å². The molecule has 2 heterocycles. The van der Waals surface area contributed by atoms with E-state index < -0.39 is 0 Å².